The maximum atomic E-state index is 12.8. The molecule has 0 radical (unpaired) electrons. The number of urea groups is 1. The van der Waals surface area contributed by atoms with Crippen LogP contribution in [0.2, 0.25) is 0 Å². The fourth-order valence-electron chi connectivity index (χ4n) is 3.08. The Kier molecular flexibility index (Phi) is 7.21. The standard InChI is InChI=1S/C23H26N4O2S/c1-26(2)20(21-13-8-14-30-21)16-24-23(29)25-18-10-7-9-17(15-18)22(28)27(3)19-11-5-4-6-12-19/h4-15,20H,16H2,1-3H3,(H2,24,25,29). The van der Waals surface area contributed by atoms with Gasteiger partial charge in [-0.2, -0.15) is 0 Å². The molecule has 0 aliphatic carbocycles. The summed E-state index contributed by atoms with van der Waals surface area (Å²) in [7, 11) is 5.71. The number of likely N-dealkylation sites (N-methyl/N-ethyl adjacent to an activating group) is 1. The van der Waals surface area contributed by atoms with Gasteiger partial charge in [0.2, 0.25) is 0 Å². The number of benzene rings is 2. The Morgan fingerprint density at radius 2 is 1.73 bits per heavy atom. The van der Waals surface area contributed by atoms with Crippen molar-refractivity contribution in [2.24, 2.45) is 0 Å². The summed E-state index contributed by atoms with van der Waals surface area (Å²) in [6.07, 6.45) is 0. The predicted molar refractivity (Wildman–Crippen MR) is 123 cm³/mol. The highest BCUT2D eigenvalue weighted by molar-refractivity contribution is 7.10. The van der Waals surface area contributed by atoms with Gasteiger partial charge in [-0.1, -0.05) is 30.3 Å². The van der Waals surface area contributed by atoms with Gasteiger partial charge in [-0.3, -0.25) is 4.79 Å². The molecule has 3 aromatic rings. The number of rotatable bonds is 7. The number of para-hydroxylation sites is 1. The number of nitrogens with one attached hydrogen (secondary N) is 2. The third-order valence-electron chi connectivity index (χ3n) is 4.77. The zero-order chi connectivity index (χ0) is 21.5. The summed E-state index contributed by atoms with van der Waals surface area (Å²) < 4.78 is 0. The van der Waals surface area contributed by atoms with E-state index in [1.165, 1.54) is 4.88 Å². The van der Waals surface area contributed by atoms with Crippen LogP contribution in [0.4, 0.5) is 16.2 Å². The first-order valence-electron chi connectivity index (χ1n) is 9.63. The number of carbonyl (C=O) groups is 2. The monoisotopic (exact) mass is 422 g/mol. The third-order valence-corrected chi connectivity index (χ3v) is 5.74. The number of amides is 3. The van der Waals surface area contributed by atoms with Crippen LogP contribution in [0.3, 0.4) is 0 Å². The molecule has 0 spiro atoms. The van der Waals surface area contributed by atoms with Crippen LogP contribution in [0, 0.1) is 0 Å². The van der Waals surface area contributed by atoms with Crippen molar-refractivity contribution < 1.29 is 9.59 Å². The molecule has 2 N–H and O–H groups in total. The van der Waals surface area contributed by atoms with Gasteiger partial charge in [0.15, 0.2) is 0 Å². The summed E-state index contributed by atoms with van der Waals surface area (Å²) >= 11 is 1.67. The quantitative estimate of drug-likeness (QED) is 0.591. The Balaban J connectivity index is 1.62. The highest BCUT2D eigenvalue weighted by Crippen LogP contribution is 2.22. The largest absolute Gasteiger partial charge is 0.336 e. The molecule has 0 bridgehead atoms. The van der Waals surface area contributed by atoms with E-state index in [0.717, 1.165) is 5.69 Å². The van der Waals surface area contributed by atoms with E-state index in [2.05, 4.69) is 21.6 Å². The molecule has 0 saturated carbocycles. The van der Waals surface area contributed by atoms with Gasteiger partial charge in [-0.15, -0.1) is 11.3 Å². The Morgan fingerprint density at radius 3 is 2.40 bits per heavy atom. The van der Waals surface area contributed by atoms with E-state index in [9.17, 15) is 9.59 Å². The molecule has 7 heteroatoms. The predicted octanol–water partition coefficient (Wildman–Crippen LogP) is 4.45. The smallest absolute Gasteiger partial charge is 0.319 e. The van der Waals surface area contributed by atoms with Crippen LogP contribution in [0.15, 0.2) is 72.1 Å². The van der Waals surface area contributed by atoms with E-state index in [1.54, 1.807) is 47.5 Å². The molecular formula is C23H26N4O2S. The van der Waals surface area contributed by atoms with Crippen LogP contribution in [0.5, 0.6) is 0 Å². The van der Waals surface area contributed by atoms with Crippen LogP contribution in [0.25, 0.3) is 0 Å². The van der Waals surface area contributed by atoms with E-state index < -0.39 is 0 Å². The number of carbonyl (C=O) groups excluding carboxylic acids is 2. The van der Waals surface area contributed by atoms with Crippen LogP contribution >= 0.6 is 11.3 Å². The summed E-state index contributed by atoms with van der Waals surface area (Å²) in [4.78, 5) is 30.1. The molecule has 0 saturated heterocycles. The van der Waals surface area contributed by atoms with Crippen molar-refractivity contribution in [2.75, 3.05) is 37.9 Å². The molecule has 6 nitrogen and oxygen atoms in total. The van der Waals surface area contributed by atoms with Crippen LogP contribution in [-0.4, -0.2) is 44.5 Å². The second-order valence-corrected chi connectivity index (χ2v) is 8.09. The Morgan fingerprint density at radius 1 is 0.967 bits per heavy atom. The van der Waals surface area contributed by atoms with Crippen molar-refractivity contribution in [3.05, 3.63) is 82.6 Å². The van der Waals surface area contributed by atoms with E-state index >= 15 is 0 Å². The number of anilines is 2. The number of hydrogen-bond acceptors (Lipinski definition) is 4. The summed E-state index contributed by atoms with van der Waals surface area (Å²) in [6, 6.07) is 20.2. The molecule has 2 aromatic carbocycles. The first kappa shape index (κ1) is 21.5. The average molecular weight is 423 g/mol. The third kappa shape index (κ3) is 5.46. The molecule has 3 amide bonds. The lowest BCUT2D eigenvalue weighted by molar-refractivity contribution is 0.0993. The Hall–Kier alpha value is -3.16. The fourth-order valence-corrected chi connectivity index (χ4v) is 4.00. The first-order chi connectivity index (χ1) is 14.5. The van der Waals surface area contributed by atoms with E-state index in [4.69, 9.17) is 0 Å². The van der Waals surface area contributed by atoms with Gasteiger partial charge >= 0.3 is 6.03 Å². The highest BCUT2D eigenvalue weighted by Gasteiger charge is 2.17. The molecule has 1 unspecified atom stereocenters. The lowest BCUT2D eigenvalue weighted by Gasteiger charge is -2.23. The first-order valence-corrected chi connectivity index (χ1v) is 10.5. The van der Waals surface area contributed by atoms with Crippen LogP contribution in [-0.2, 0) is 0 Å². The van der Waals surface area contributed by atoms with Crippen molar-refractivity contribution in [3.8, 4) is 0 Å². The number of hydrogen-bond donors (Lipinski definition) is 2. The lowest BCUT2D eigenvalue weighted by Crippen LogP contribution is -2.36. The minimum Gasteiger partial charge on any atom is -0.336 e. The Bertz CT molecular complexity index is 974. The summed E-state index contributed by atoms with van der Waals surface area (Å²) in [5.74, 6) is -0.143. The average Bonchev–Trinajstić information content (AvgIpc) is 3.28. The second-order valence-electron chi connectivity index (χ2n) is 7.11. The van der Waals surface area contributed by atoms with Crippen molar-refractivity contribution in [3.63, 3.8) is 0 Å². The summed E-state index contributed by atoms with van der Waals surface area (Å²) in [6.45, 7) is 0.481. The number of nitrogens with zero attached hydrogens (tertiary/aromatic N) is 2. The minimum absolute atomic E-state index is 0.100. The second kappa shape index (κ2) is 10.0. The van der Waals surface area contributed by atoms with Gasteiger partial charge in [0.05, 0.1) is 6.04 Å². The normalized spacial score (nSPS) is 11.7. The zero-order valence-corrected chi connectivity index (χ0v) is 18.1. The van der Waals surface area contributed by atoms with Crippen molar-refractivity contribution in [1.82, 2.24) is 10.2 Å². The van der Waals surface area contributed by atoms with Gasteiger partial charge in [-0.05, 0) is 55.9 Å². The molecule has 3 rings (SSSR count). The Labute approximate surface area is 181 Å². The van der Waals surface area contributed by atoms with Crippen molar-refractivity contribution in [1.29, 1.82) is 0 Å². The SMILES string of the molecule is CN(C(=O)c1cccc(NC(=O)NCC(c2cccs2)N(C)C)c1)c1ccccc1. The van der Waals surface area contributed by atoms with Crippen LogP contribution in [0.1, 0.15) is 21.3 Å². The van der Waals surface area contributed by atoms with Crippen molar-refractivity contribution >= 4 is 34.6 Å². The van der Waals surface area contributed by atoms with Gasteiger partial charge in [0.1, 0.15) is 0 Å². The maximum absolute atomic E-state index is 12.8. The van der Waals surface area contributed by atoms with E-state index in [-0.39, 0.29) is 18.0 Å². The molecule has 30 heavy (non-hydrogen) atoms. The number of thiophene rings is 1. The summed E-state index contributed by atoms with van der Waals surface area (Å²) in [5.41, 5.74) is 1.88. The highest BCUT2D eigenvalue weighted by atomic mass is 32.1. The van der Waals surface area contributed by atoms with Gasteiger partial charge in [0.25, 0.3) is 5.91 Å². The maximum Gasteiger partial charge on any atom is 0.319 e. The molecule has 0 aliphatic heterocycles. The molecular weight excluding hydrogens is 396 g/mol. The van der Waals surface area contributed by atoms with Gasteiger partial charge < -0.3 is 20.4 Å². The molecule has 1 aromatic heterocycles. The van der Waals surface area contributed by atoms with Crippen molar-refractivity contribution in [2.45, 2.75) is 6.04 Å². The topological polar surface area (TPSA) is 64.7 Å². The zero-order valence-electron chi connectivity index (χ0n) is 17.3. The molecule has 1 heterocycles. The fraction of sp³-hybridized carbons (Fsp3) is 0.217. The van der Waals surface area contributed by atoms with Gasteiger partial charge in [0, 0.05) is 35.4 Å². The molecule has 0 fully saturated rings. The minimum atomic E-state index is -0.306. The van der Waals surface area contributed by atoms with Crippen LogP contribution < -0.4 is 15.5 Å². The van der Waals surface area contributed by atoms with E-state index in [1.807, 2.05) is 55.9 Å². The summed E-state index contributed by atoms with van der Waals surface area (Å²) in [5, 5.41) is 7.77. The molecule has 0 aliphatic rings. The lowest BCUT2D eigenvalue weighted by atomic mass is 10.1. The molecule has 1 atom stereocenters. The molecule has 156 valence electrons. The van der Waals surface area contributed by atoms with E-state index in [0.29, 0.717) is 17.8 Å². The van der Waals surface area contributed by atoms with Gasteiger partial charge in [-0.25, -0.2) is 4.79 Å².